The molecular weight excluding hydrogens is 375 g/mol. The van der Waals surface area contributed by atoms with Crippen LogP contribution in [0.4, 0.5) is 10.1 Å². The second-order valence-electron chi connectivity index (χ2n) is 5.58. The number of carbonyl (C=O) groups excluding carboxylic acids is 1. The lowest BCUT2D eigenvalue weighted by molar-refractivity contribution is 0.0743. The Kier molecular flexibility index (Phi) is 5.04. The van der Waals surface area contributed by atoms with Gasteiger partial charge in [-0.25, -0.2) is 4.39 Å². The maximum absolute atomic E-state index is 13.9. The van der Waals surface area contributed by atoms with Gasteiger partial charge in [-0.3, -0.25) is 4.79 Å². The molecule has 0 radical (unpaired) electrons. The summed E-state index contributed by atoms with van der Waals surface area (Å²) in [5, 5.41) is 0. The number of anilines is 1. The lowest BCUT2D eigenvalue weighted by atomic mass is 10.1. The smallest absolute Gasteiger partial charge is 0.257 e. The topological polar surface area (TPSA) is 32.8 Å². The summed E-state index contributed by atoms with van der Waals surface area (Å²) in [6, 6.07) is 12.1. The zero-order valence-corrected chi connectivity index (χ0v) is 14.9. The molecule has 0 spiro atoms. The van der Waals surface area contributed by atoms with E-state index < -0.39 is 0 Å². The van der Waals surface area contributed by atoms with E-state index in [-0.39, 0.29) is 11.7 Å². The Morgan fingerprint density at radius 3 is 2.50 bits per heavy atom. The third-order valence-electron chi connectivity index (χ3n) is 4.15. The first-order valence-corrected chi connectivity index (χ1v) is 8.51. The van der Waals surface area contributed by atoms with Crippen molar-refractivity contribution < 1.29 is 13.9 Å². The summed E-state index contributed by atoms with van der Waals surface area (Å²) in [6.07, 6.45) is 0. The summed E-state index contributed by atoms with van der Waals surface area (Å²) in [7, 11) is 1.55. The molecule has 2 aromatic rings. The molecule has 1 amide bonds. The molecule has 1 aliphatic rings. The summed E-state index contributed by atoms with van der Waals surface area (Å²) in [5.41, 5.74) is 1.12. The molecule has 24 heavy (non-hydrogen) atoms. The fourth-order valence-electron chi connectivity index (χ4n) is 2.88. The van der Waals surface area contributed by atoms with Gasteiger partial charge >= 0.3 is 0 Å². The van der Waals surface area contributed by atoms with E-state index >= 15 is 0 Å². The van der Waals surface area contributed by atoms with Crippen molar-refractivity contribution in [2.75, 3.05) is 38.2 Å². The quantitative estimate of drug-likeness (QED) is 0.800. The number of carbonyl (C=O) groups is 1. The molecule has 126 valence electrons. The van der Waals surface area contributed by atoms with Crippen molar-refractivity contribution >= 4 is 27.5 Å². The molecule has 0 saturated carbocycles. The Morgan fingerprint density at radius 1 is 1.12 bits per heavy atom. The van der Waals surface area contributed by atoms with E-state index in [9.17, 15) is 9.18 Å². The summed E-state index contributed by atoms with van der Waals surface area (Å²) in [5.74, 6) is 0.256. The number of methoxy groups -OCH3 is 1. The number of halogens is 2. The van der Waals surface area contributed by atoms with Crippen LogP contribution in [0.2, 0.25) is 0 Å². The van der Waals surface area contributed by atoms with Crippen molar-refractivity contribution in [3.05, 3.63) is 58.3 Å². The van der Waals surface area contributed by atoms with E-state index in [2.05, 4.69) is 15.9 Å². The number of ether oxygens (including phenoxy) is 1. The predicted octanol–water partition coefficient (Wildman–Crippen LogP) is 3.56. The van der Waals surface area contributed by atoms with Gasteiger partial charge in [-0.05, 0) is 30.3 Å². The van der Waals surface area contributed by atoms with Gasteiger partial charge in [0.05, 0.1) is 18.4 Å². The van der Waals surface area contributed by atoms with Gasteiger partial charge in [0, 0.05) is 30.7 Å². The predicted molar refractivity (Wildman–Crippen MR) is 95.2 cm³/mol. The number of nitrogens with zero attached hydrogens (tertiary/aromatic N) is 2. The maximum atomic E-state index is 13.9. The van der Waals surface area contributed by atoms with Crippen LogP contribution >= 0.6 is 15.9 Å². The highest BCUT2D eigenvalue weighted by molar-refractivity contribution is 9.10. The van der Waals surface area contributed by atoms with E-state index in [1.807, 2.05) is 17.0 Å². The van der Waals surface area contributed by atoms with Crippen LogP contribution in [-0.2, 0) is 0 Å². The van der Waals surface area contributed by atoms with Crippen LogP contribution in [0.25, 0.3) is 0 Å². The minimum absolute atomic E-state index is 0.0682. The lowest BCUT2D eigenvalue weighted by Gasteiger charge is -2.36. The standard InChI is InChI=1S/C18H18BrFN2O2/c1-24-17-7-6-13(19)12-14(17)18(23)22-10-8-21(9-11-22)16-5-3-2-4-15(16)20/h2-7,12H,8-11H2,1H3. The molecule has 0 atom stereocenters. The largest absolute Gasteiger partial charge is 0.496 e. The van der Waals surface area contributed by atoms with E-state index in [0.29, 0.717) is 43.2 Å². The van der Waals surface area contributed by atoms with Gasteiger partial charge in [0.25, 0.3) is 5.91 Å². The normalized spacial score (nSPS) is 14.6. The molecule has 0 aliphatic carbocycles. The van der Waals surface area contributed by atoms with Crippen molar-refractivity contribution in [1.82, 2.24) is 4.90 Å². The van der Waals surface area contributed by atoms with E-state index in [4.69, 9.17) is 4.74 Å². The van der Waals surface area contributed by atoms with Crippen molar-refractivity contribution in [3.8, 4) is 5.75 Å². The van der Waals surface area contributed by atoms with Crippen molar-refractivity contribution in [2.45, 2.75) is 0 Å². The fraction of sp³-hybridized carbons (Fsp3) is 0.278. The van der Waals surface area contributed by atoms with Crippen LogP contribution < -0.4 is 9.64 Å². The fourth-order valence-corrected chi connectivity index (χ4v) is 3.24. The molecule has 1 fully saturated rings. The van der Waals surface area contributed by atoms with Crippen LogP contribution in [0.1, 0.15) is 10.4 Å². The minimum atomic E-state index is -0.231. The Balaban J connectivity index is 1.72. The highest BCUT2D eigenvalue weighted by Gasteiger charge is 2.25. The third-order valence-corrected chi connectivity index (χ3v) is 4.65. The van der Waals surface area contributed by atoms with Gasteiger partial charge in [-0.2, -0.15) is 0 Å². The number of benzene rings is 2. The van der Waals surface area contributed by atoms with E-state index in [0.717, 1.165) is 4.47 Å². The number of para-hydroxylation sites is 1. The van der Waals surface area contributed by atoms with E-state index in [1.54, 1.807) is 36.3 Å². The molecule has 6 heteroatoms. The Hall–Kier alpha value is -2.08. The molecule has 3 rings (SSSR count). The molecule has 0 unspecified atom stereocenters. The van der Waals surface area contributed by atoms with Gasteiger partial charge in [0.1, 0.15) is 11.6 Å². The van der Waals surface area contributed by atoms with Gasteiger partial charge in [0.2, 0.25) is 0 Å². The summed E-state index contributed by atoms with van der Waals surface area (Å²) in [6.45, 7) is 2.29. The molecule has 1 heterocycles. The van der Waals surface area contributed by atoms with Crippen molar-refractivity contribution in [3.63, 3.8) is 0 Å². The third kappa shape index (κ3) is 3.38. The molecule has 1 saturated heterocycles. The van der Waals surface area contributed by atoms with Crippen LogP contribution in [0.3, 0.4) is 0 Å². The average molecular weight is 393 g/mol. The second-order valence-corrected chi connectivity index (χ2v) is 6.49. The molecule has 2 aromatic carbocycles. The molecule has 4 nitrogen and oxygen atoms in total. The van der Waals surface area contributed by atoms with Crippen molar-refractivity contribution in [1.29, 1.82) is 0 Å². The Bertz CT molecular complexity index is 746. The molecule has 0 N–H and O–H groups in total. The monoisotopic (exact) mass is 392 g/mol. The minimum Gasteiger partial charge on any atom is -0.496 e. The van der Waals surface area contributed by atoms with Gasteiger partial charge < -0.3 is 14.5 Å². The lowest BCUT2D eigenvalue weighted by Crippen LogP contribution is -2.49. The maximum Gasteiger partial charge on any atom is 0.257 e. The molecule has 0 aromatic heterocycles. The number of rotatable bonds is 3. The van der Waals surface area contributed by atoms with E-state index in [1.165, 1.54) is 6.07 Å². The van der Waals surface area contributed by atoms with Gasteiger partial charge in [0.15, 0.2) is 0 Å². The van der Waals surface area contributed by atoms with Gasteiger partial charge in [-0.15, -0.1) is 0 Å². The summed E-state index contributed by atoms with van der Waals surface area (Å²) < 4.78 is 20.0. The molecule has 0 bridgehead atoms. The average Bonchev–Trinajstić information content (AvgIpc) is 2.62. The number of amides is 1. The second kappa shape index (κ2) is 7.21. The highest BCUT2D eigenvalue weighted by atomic mass is 79.9. The van der Waals surface area contributed by atoms with Crippen LogP contribution in [0.5, 0.6) is 5.75 Å². The first-order valence-electron chi connectivity index (χ1n) is 7.72. The first-order chi connectivity index (χ1) is 11.6. The van der Waals surface area contributed by atoms with Gasteiger partial charge in [-0.1, -0.05) is 28.1 Å². The molecule has 1 aliphatic heterocycles. The highest BCUT2D eigenvalue weighted by Crippen LogP contribution is 2.26. The zero-order valence-electron chi connectivity index (χ0n) is 13.3. The molecular formula is C18H18BrFN2O2. The summed E-state index contributed by atoms with van der Waals surface area (Å²) in [4.78, 5) is 16.5. The van der Waals surface area contributed by atoms with Crippen LogP contribution in [0, 0.1) is 5.82 Å². The van der Waals surface area contributed by atoms with Crippen LogP contribution in [-0.4, -0.2) is 44.1 Å². The Labute approximate surface area is 149 Å². The van der Waals surface area contributed by atoms with Crippen LogP contribution in [0.15, 0.2) is 46.9 Å². The number of hydrogen-bond acceptors (Lipinski definition) is 3. The summed E-state index contributed by atoms with van der Waals surface area (Å²) >= 11 is 3.39. The zero-order chi connectivity index (χ0) is 17.1. The first kappa shape index (κ1) is 16.8. The SMILES string of the molecule is COc1ccc(Br)cc1C(=O)N1CCN(c2ccccc2F)CC1. The Morgan fingerprint density at radius 2 is 1.83 bits per heavy atom. The number of piperazine rings is 1. The number of hydrogen-bond donors (Lipinski definition) is 0. The van der Waals surface area contributed by atoms with Crippen molar-refractivity contribution in [2.24, 2.45) is 0 Å².